The molecule has 96 valence electrons. The zero-order chi connectivity index (χ0) is 13.5. The predicted molar refractivity (Wildman–Crippen MR) is 67.4 cm³/mol. The van der Waals surface area contributed by atoms with Gasteiger partial charge < -0.3 is 10.0 Å². The number of nitrogens with zero attached hydrogens (tertiary/aromatic N) is 3. The molecule has 0 radical (unpaired) electrons. The molecule has 18 heavy (non-hydrogen) atoms. The van der Waals surface area contributed by atoms with Crippen molar-refractivity contribution < 1.29 is 10.0 Å². The number of anilines is 1. The summed E-state index contributed by atoms with van der Waals surface area (Å²) >= 11 is 0. The zero-order valence-corrected chi connectivity index (χ0v) is 10.2. The van der Waals surface area contributed by atoms with Gasteiger partial charge in [-0.25, -0.2) is 0 Å². The second kappa shape index (κ2) is 6.57. The van der Waals surface area contributed by atoms with Gasteiger partial charge in [-0.15, -0.1) is 0 Å². The SMILES string of the molecule is CCN(CCCO)c1ccc(C#N)cc1[N+](=O)[O-]. The van der Waals surface area contributed by atoms with Crippen LogP contribution in [0.1, 0.15) is 18.9 Å². The molecule has 1 rings (SSSR count). The Morgan fingerprint density at radius 2 is 2.28 bits per heavy atom. The highest BCUT2D eigenvalue weighted by atomic mass is 16.6. The van der Waals surface area contributed by atoms with E-state index in [1.807, 2.05) is 17.9 Å². The molecule has 0 aliphatic heterocycles. The van der Waals surface area contributed by atoms with E-state index in [0.717, 1.165) is 0 Å². The summed E-state index contributed by atoms with van der Waals surface area (Å²) in [5.41, 5.74) is 0.674. The standard InChI is InChI=1S/C12H15N3O3/c1-2-14(6-3-7-16)11-5-4-10(9-13)8-12(11)15(17)18/h4-5,8,16H,2-3,6-7H2,1H3. The molecule has 0 bridgehead atoms. The average molecular weight is 249 g/mol. The van der Waals surface area contributed by atoms with Gasteiger partial charge >= 0.3 is 0 Å². The molecule has 6 nitrogen and oxygen atoms in total. The van der Waals surface area contributed by atoms with E-state index in [-0.39, 0.29) is 17.9 Å². The van der Waals surface area contributed by atoms with Gasteiger partial charge in [-0.05, 0) is 25.5 Å². The van der Waals surface area contributed by atoms with Crippen LogP contribution < -0.4 is 4.90 Å². The van der Waals surface area contributed by atoms with Gasteiger partial charge in [-0.1, -0.05) is 0 Å². The lowest BCUT2D eigenvalue weighted by atomic mass is 10.1. The molecule has 0 saturated heterocycles. The Labute approximate surface area is 105 Å². The van der Waals surface area contributed by atoms with Crippen molar-refractivity contribution in [1.82, 2.24) is 0 Å². The molecule has 0 atom stereocenters. The number of nitro benzene ring substituents is 1. The minimum Gasteiger partial charge on any atom is -0.396 e. The van der Waals surface area contributed by atoms with Gasteiger partial charge in [0.2, 0.25) is 0 Å². The quantitative estimate of drug-likeness (QED) is 0.611. The Balaban J connectivity index is 3.13. The van der Waals surface area contributed by atoms with E-state index in [2.05, 4.69) is 0 Å². The Morgan fingerprint density at radius 1 is 1.56 bits per heavy atom. The number of aliphatic hydroxyl groups is 1. The van der Waals surface area contributed by atoms with Gasteiger partial charge in [0.25, 0.3) is 5.69 Å². The lowest BCUT2D eigenvalue weighted by Gasteiger charge is -2.22. The van der Waals surface area contributed by atoms with E-state index in [1.54, 1.807) is 12.1 Å². The third kappa shape index (κ3) is 3.18. The van der Waals surface area contributed by atoms with Crippen LogP contribution in [-0.4, -0.2) is 29.7 Å². The molecule has 0 fully saturated rings. The van der Waals surface area contributed by atoms with Crippen molar-refractivity contribution in [2.45, 2.75) is 13.3 Å². The fourth-order valence-corrected chi connectivity index (χ4v) is 1.72. The lowest BCUT2D eigenvalue weighted by Crippen LogP contribution is -2.25. The molecule has 1 aromatic carbocycles. The van der Waals surface area contributed by atoms with Crippen LogP contribution in [0.4, 0.5) is 11.4 Å². The molecule has 0 heterocycles. The fourth-order valence-electron chi connectivity index (χ4n) is 1.72. The average Bonchev–Trinajstić information content (AvgIpc) is 2.39. The molecule has 1 aromatic rings. The van der Waals surface area contributed by atoms with Crippen LogP contribution >= 0.6 is 0 Å². The Bertz CT molecular complexity index is 468. The fraction of sp³-hybridized carbons (Fsp3) is 0.417. The third-order valence-electron chi connectivity index (χ3n) is 2.61. The van der Waals surface area contributed by atoms with Gasteiger partial charge in [0.05, 0.1) is 16.6 Å². The molecule has 1 N–H and O–H groups in total. The number of hydrogen-bond donors (Lipinski definition) is 1. The predicted octanol–water partition coefficient (Wildman–Crippen LogP) is 1.68. The largest absolute Gasteiger partial charge is 0.396 e. The van der Waals surface area contributed by atoms with Crippen LogP contribution in [0, 0.1) is 21.4 Å². The van der Waals surface area contributed by atoms with Crippen LogP contribution in [0.15, 0.2) is 18.2 Å². The van der Waals surface area contributed by atoms with E-state index >= 15 is 0 Å². The lowest BCUT2D eigenvalue weighted by molar-refractivity contribution is -0.384. The monoisotopic (exact) mass is 249 g/mol. The Hall–Kier alpha value is -2.13. The molecular formula is C12H15N3O3. The summed E-state index contributed by atoms with van der Waals surface area (Å²) in [4.78, 5) is 12.3. The van der Waals surface area contributed by atoms with Gasteiger partial charge in [-0.3, -0.25) is 10.1 Å². The minimum absolute atomic E-state index is 0.0422. The van der Waals surface area contributed by atoms with Crippen LogP contribution in [0.25, 0.3) is 0 Å². The zero-order valence-electron chi connectivity index (χ0n) is 10.2. The Morgan fingerprint density at radius 3 is 2.78 bits per heavy atom. The molecule has 0 spiro atoms. The van der Waals surface area contributed by atoms with E-state index < -0.39 is 4.92 Å². The molecule has 0 aromatic heterocycles. The summed E-state index contributed by atoms with van der Waals surface area (Å²) in [5.74, 6) is 0. The van der Waals surface area contributed by atoms with Crippen LogP contribution in [-0.2, 0) is 0 Å². The van der Waals surface area contributed by atoms with Crippen molar-refractivity contribution in [1.29, 1.82) is 5.26 Å². The molecule has 0 amide bonds. The summed E-state index contributed by atoms with van der Waals surface area (Å²) in [7, 11) is 0. The maximum Gasteiger partial charge on any atom is 0.293 e. The van der Waals surface area contributed by atoms with E-state index in [0.29, 0.717) is 25.2 Å². The van der Waals surface area contributed by atoms with Crippen molar-refractivity contribution in [2.24, 2.45) is 0 Å². The first-order chi connectivity index (χ1) is 8.63. The number of aliphatic hydroxyl groups excluding tert-OH is 1. The van der Waals surface area contributed by atoms with Gasteiger partial charge in [0.15, 0.2) is 0 Å². The van der Waals surface area contributed by atoms with E-state index in [4.69, 9.17) is 10.4 Å². The number of nitriles is 1. The Kier molecular flexibility index (Phi) is 5.08. The van der Waals surface area contributed by atoms with Gasteiger partial charge in [-0.2, -0.15) is 5.26 Å². The second-order valence-corrected chi connectivity index (χ2v) is 3.73. The summed E-state index contributed by atoms with van der Waals surface area (Å²) in [6.45, 7) is 3.08. The van der Waals surface area contributed by atoms with E-state index in [9.17, 15) is 10.1 Å². The normalized spacial score (nSPS) is 9.83. The second-order valence-electron chi connectivity index (χ2n) is 3.73. The van der Waals surface area contributed by atoms with E-state index in [1.165, 1.54) is 6.07 Å². The summed E-state index contributed by atoms with van der Waals surface area (Å²) < 4.78 is 0. The smallest absolute Gasteiger partial charge is 0.293 e. The van der Waals surface area contributed by atoms with Crippen molar-refractivity contribution in [2.75, 3.05) is 24.6 Å². The molecule has 0 aliphatic carbocycles. The van der Waals surface area contributed by atoms with Crippen molar-refractivity contribution in [3.05, 3.63) is 33.9 Å². The van der Waals surface area contributed by atoms with Crippen molar-refractivity contribution in [3.8, 4) is 6.07 Å². The van der Waals surface area contributed by atoms with Crippen LogP contribution in [0.2, 0.25) is 0 Å². The first kappa shape index (κ1) is 13.9. The molecule has 0 aliphatic rings. The summed E-state index contributed by atoms with van der Waals surface area (Å²) in [5, 5.41) is 28.6. The number of benzene rings is 1. The third-order valence-corrected chi connectivity index (χ3v) is 2.61. The van der Waals surface area contributed by atoms with Gasteiger partial charge in [0.1, 0.15) is 5.69 Å². The highest BCUT2D eigenvalue weighted by molar-refractivity contribution is 5.65. The minimum atomic E-state index is -0.488. The number of nitro groups is 1. The summed E-state index contributed by atoms with van der Waals surface area (Å²) in [6.07, 6.45) is 0.547. The molecular weight excluding hydrogens is 234 g/mol. The molecule has 0 unspecified atom stereocenters. The first-order valence-corrected chi connectivity index (χ1v) is 5.68. The first-order valence-electron chi connectivity index (χ1n) is 5.68. The highest BCUT2D eigenvalue weighted by Crippen LogP contribution is 2.29. The van der Waals surface area contributed by atoms with Crippen LogP contribution in [0.3, 0.4) is 0 Å². The van der Waals surface area contributed by atoms with Crippen molar-refractivity contribution >= 4 is 11.4 Å². The summed E-state index contributed by atoms with van der Waals surface area (Å²) in [6, 6.07) is 6.30. The van der Waals surface area contributed by atoms with Crippen LogP contribution in [0.5, 0.6) is 0 Å². The van der Waals surface area contributed by atoms with Gasteiger partial charge in [0, 0.05) is 25.8 Å². The number of rotatable bonds is 6. The molecule has 0 saturated carbocycles. The topological polar surface area (TPSA) is 90.4 Å². The van der Waals surface area contributed by atoms with Crippen molar-refractivity contribution in [3.63, 3.8) is 0 Å². The maximum absolute atomic E-state index is 11.0. The number of hydrogen-bond acceptors (Lipinski definition) is 5. The highest BCUT2D eigenvalue weighted by Gasteiger charge is 2.18. The maximum atomic E-state index is 11.0. The molecule has 6 heteroatoms.